The van der Waals surface area contributed by atoms with Gasteiger partial charge in [-0.1, -0.05) is 32.0 Å². The lowest BCUT2D eigenvalue weighted by molar-refractivity contribution is -0.121. The average Bonchev–Trinajstić information content (AvgIpc) is 3.61. The van der Waals surface area contributed by atoms with E-state index in [1.54, 1.807) is 37.6 Å². The summed E-state index contributed by atoms with van der Waals surface area (Å²) in [5.74, 6) is 0.0509. The van der Waals surface area contributed by atoms with E-state index in [0.29, 0.717) is 48.3 Å². The van der Waals surface area contributed by atoms with Crippen molar-refractivity contribution in [3.63, 3.8) is 0 Å². The van der Waals surface area contributed by atoms with E-state index in [1.807, 2.05) is 25.1 Å². The van der Waals surface area contributed by atoms with Gasteiger partial charge in [0, 0.05) is 29.7 Å². The van der Waals surface area contributed by atoms with Crippen molar-refractivity contribution in [2.24, 2.45) is 0 Å². The van der Waals surface area contributed by atoms with Gasteiger partial charge in [-0.3, -0.25) is 9.78 Å². The molecule has 0 bridgehead atoms. The topological polar surface area (TPSA) is 94.6 Å². The summed E-state index contributed by atoms with van der Waals surface area (Å²) in [4.78, 5) is 17.8. The van der Waals surface area contributed by atoms with E-state index in [1.165, 1.54) is 6.07 Å². The molecule has 180 valence electrons. The van der Waals surface area contributed by atoms with Crippen molar-refractivity contribution in [1.29, 1.82) is 0 Å². The Morgan fingerprint density at radius 1 is 1.15 bits per heavy atom. The molecule has 1 saturated carbocycles. The predicted molar refractivity (Wildman–Crippen MR) is 130 cm³/mol. The number of fused-ring (bicyclic) bond motifs is 1. The van der Waals surface area contributed by atoms with Crippen molar-refractivity contribution in [3.8, 4) is 5.75 Å². The molecule has 1 aliphatic carbocycles. The first kappa shape index (κ1) is 24.2. The number of ether oxygens (including phenoxy) is 2. The number of hydrogen-bond donors (Lipinski definition) is 1. The van der Waals surface area contributed by atoms with Crippen LogP contribution in [0, 0.1) is 0 Å². The van der Waals surface area contributed by atoms with Gasteiger partial charge < -0.3 is 9.47 Å². The van der Waals surface area contributed by atoms with Crippen LogP contribution in [0.25, 0.3) is 10.9 Å². The molecule has 0 aliphatic heterocycles. The van der Waals surface area contributed by atoms with Gasteiger partial charge in [0.25, 0.3) is 10.0 Å². The zero-order chi connectivity index (χ0) is 24.6. The Hall–Kier alpha value is -2.97. The van der Waals surface area contributed by atoms with Crippen LogP contribution in [0.2, 0.25) is 0 Å². The first-order chi connectivity index (χ1) is 16.1. The van der Waals surface area contributed by atoms with E-state index in [0.717, 1.165) is 5.56 Å². The maximum atomic E-state index is 13.5. The van der Waals surface area contributed by atoms with Gasteiger partial charge in [0.1, 0.15) is 5.75 Å². The molecule has 0 saturated heterocycles. The number of carbonyl (C=O) groups is 1. The Labute approximate surface area is 200 Å². The molecule has 34 heavy (non-hydrogen) atoms. The van der Waals surface area contributed by atoms with Gasteiger partial charge in [0.15, 0.2) is 0 Å². The first-order valence-electron chi connectivity index (χ1n) is 11.3. The summed E-state index contributed by atoms with van der Waals surface area (Å²) in [5, 5.41) is 0.466. The fourth-order valence-corrected chi connectivity index (χ4v) is 5.65. The van der Waals surface area contributed by atoms with Crippen molar-refractivity contribution in [1.82, 2.24) is 9.71 Å². The molecule has 1 aromatic heterocycles. The van der Waals surface area contributed by atoms with Crippen LogP contribution in [-0.4, -0.2) is 39.6 Å². The third-order valence-electron chi connectivity index (χ3n) is 6.39. The number of sulfonamides is 1. The highest BCUT2D eigenvalue weighted by Crippen LogP contribution is 2.52. The maximum Gasteiger partial charge on any atom is 0.264 e. The molecule has 0 atom stereocenters. The van der Waals surface area contributed by atoms with Crippen molar-refractivity contribution in [3.05, 3.63) is 65.9 Å². The Bertz CT molecular complexity index is 1320. The van der Waals surface area contributed by atoms with E-state index in [2.05, 4.69) is 23.6 Å². The highest BCUT2D eigenvalue weighted by atomic mass is 32.2. The molecular formula is C26H30N2O5S. The lowest BCUT2D eigenvalue weighted by Crippen LogP contribution is -2.39. The molecule has 0 spiro atoms. The quantitative estimate of drug-likeness (QED) is 0.494. The molecule has 0 radical (unpaired) electrons. The van der Waals surface area contributed by atoms with E-state index in [-0.39, 0.29) is 10.3 Å². The molecule has 1 N–H and O–H groups in total. The van der Waals surface area contributed by atoms with Crippen molar-refractivity contribution >= 4 is 26.8 Å². The van der Waals surface area contributed by atoms with E-state index in [9.17, 15) is 13.2 Å². The summed E-state index contributed by atoms with van der Waals surface area (Å²) in [6.07, 6.45) is 2.68. The number of rotatable bonds is 9. The molecule has 1 fully saturated rings. The Balaban J connectivity index is 1.71. The summed E-state index contributed by atoms with van der Waals surface area (Å²) in [7, 11) is -2.46. The minimum atomic E-state index is -4.11. The van der Waals surface area contributed by atoms with Crippen LogP contribution in [0.1, 0.15) is 44.7 Å². The van der Waals surface area contributed by atoms with E-state index in [4.69, 9.17) is 9.47 Å². The molecular weight excluding hydrogens is 452 g/mol. The second-order valence-electron chi connectivity index (χ2n) is 9.30. The minimum absolute atomic E-state index is 0.0299. The lowest BCUT2D eigenvalue weighted by atomic mass is 9.82. The van der Waals surface area contributed by atoms with Gasteiger partial charge in [-0.2, -0.15) is 0 Å². The second-order valence-corrected chi connectivity index (χ2v) is 11.0. The zero-order valence-corrected chi connectivity index (χ0v) is 20.7. The van der Waals surface area contributed by atoms with E-state index < -0.39 is 21.3 Å². The maximum absolute atomic E-state index is 13.5. The van der Waals surface area contributed by atoms with Crippen molar-refractivity contribution in [2.45, 2.75) is 49.3 Å². The molecule has 1 aliphatic rings. The van der Waals surface area contributed by atoms with Gasteiger partial charge in [-0.15, -0.1) is 0 Å². The van der Waals surface area contributed by atoms with Crippen molar-refractivity contribution in [2.75, 3.05) is 20.3 Å². The summed E-state index contributed by atoms with van der Waals surface area (Å²) in [6, 6.07) is 14.0. The van der Waals surface area contributed by atoms with Gasteiger partial charge in [0.05, 0.1) is 29.0 Å². The molecule has 2 aromatic carbocycles. The number of hydrogen-bond acceptors (Lipinski definition) is 6. The Morgan fingerprint density at radius 2 is 1.91 bits per heavy atom. The number of carbonyl (C=O) groups excluding carboxylic acids is 1. The van der Waals surface area contributed by atoms with Crippen LogP contribution in [0.4, 0.5) is 0 Å². The SMILES string of the molecule is CCOc1ccc(C(C)(C)COC)cc1C1(C(=O)NS(=O)(=O)c2cccc3ncccc23)CC1. The van der Waals surface area contributed by atoms with Crippen LogP contribution in [0.15, 0.2) is 59.6 Å². The van der Waals surface area contributed by atoms with Crippen LogP contribution < -0.4 is 9.46 Å². The molecule has 8 heteroatoms. The number of aromatic nitrogens is 1. The average molecular weight is 483 g/mol. The third-order valence-corrected chi connectivity index (χ3v) is 7.78. The highest BCUT2D eigenvalue weighted by Gasteiger charge is 2.54. The summed E-state index contributed by atoms with van der Waals surface area (Å²) >= 11 is 0. The molecule has 1 heterocycles. The largest absolute Gasteiger partial charge is 0.494 e. The molecule has 3 aromatic rings. The van der Waals surface area contributed by atoms with Gasteiger partial charge in [-0.05, 0) is 55.7 Å². The first-order valence-corrected chi connectivity index (χ1v) is 12.8. The van der Waals surface area contributed by atoms with Crippen LogP contribution in [0.3, 0.4) is 0 Å². The summed E-state index contributed by atoms with van der Waals surface area (Å²) in [6.45, 7) is 6.95. The molecule has 7 nitrogen and oxygen atoms in total. The number of nitrogens with zero attached hydrogens (tertiary/aromatic N) is 1. The third kappa shape index (κ3) is 4.40. The molecule has 4 rings (SSSR count). The van der Waals surface area contributed by atoms with E-state index >= 15 is 0 Å². The smallest absolute Gasteiger partial charge is 0.264 e. The highest BCUT2D eigenvalue weighted by molar-refractivity contribution is 7.90. The van der Waals surface area contributed by atoms with Crippen LogP contribution in [-0.2, 0) is 30.4 Å². The fraction of sp³-hybridized carbons (Fsp3) is 0.385. The second kappa shape index (κ2) is 9.00. The van der Waals surface area contributed by atoms with Gasteiger partial charge in [-0.25, -0.2) is 13.1 Å². The number of methoxy groups -OCH3 is 1. The summed E-state index contributed by atoms with van der Waals surface area (Å²) in [5.41, 5.74) is 1.01. The van der Waals surface area contributed by atoms with Crippen LogP contribution in [0.5, 0.6) is 5.75 Å². The number of nitrogens with one attached hydrogen (secondary N) is 1. The van der Waals surface area contributed by atoms with Crippen molar-refractivity contribution < 1.29 is 22.7 Å². The van der Waals surface area contributed by atoms with Gasteiger partial charge >= 0.3 is 0 Å². The number of pyridine rings is 1. The summed E-state index contributed by atoms with van der Waals surface area (Å²) < 4.78 is 40.1. The predicted octanol–water partition coefficient (Wildman–Crippen LogP) is 4.09. The molecule has 1 amide bonds. The zero-order valence-electron chi connectivity index (χ0n) is 19.9. The number of benzene rings is 2. The molecule has 0 unspecified atom stereocenters. The Morgan fingerprint density at radius 3 is 2.59 bits per heavy atom. The fourth-order valence-electron chi connectivity index (χ4n) is 4.38. The normalized spacial score (nSPS) is 15.2. The standard InChI is InChI=1S/C26H30N2O5S/c1-5-33-22-12-11-18(25(2,3)17-32-4)16-20(22)26(13-14-26)24(29)28-34(30,31)23-10-6-9-21-19(23)8-7-15-27-21/h6-12,15-16H,5,13-14,17H2,1-4H3,(H,28,29). The monoisotopic (exact) mass is 482 g/mol. The number of amides is 1. The Kier molecular flexibility index (Phi) is 6.40. The van der Waals surface area contributed by atoms with Gasteiger partial charge in [0.2, 0.25) is 5.91 Å². The lowest BCUT2D eigenvalue weighted by Gasteiger charge is -2.27. The van der Waals surface area contributed by atoms with Crippen LogP contribution >= 0.6 is 0 Å². The minimum Gasteiger partial charge on any atom is -0.494 e.